The summed E-state index contributed by atoms with van der Waals surface area (Å²) >= 11 is 0. The van der Waals surface area contributed by atoms with Crippen LogP contribution in [0, 0.1) is 11.8 Å². The van der Waals surface area contributed by atoms with E-state index >= 15 is 0 Å². The average molecular weight is 223 g/mol. The Morgan fingerprint density at radius 2 is 1.75 bits per heavy atom. The molecular formula is C15H29N. The molecule has 0 saturated carbocycles. The van der Waals surface area contributed by atoms with Gasteiger partial charge >= 0.3 is 0 Å². The zero-order valence-corrected chi connectivity index (χ0v) is 12.0. The number of nitrogens with zero attached hydrogens (tertiary/aromatic N) is 1. The Balaban J connectivity index is 4.42. The highest BCUT2D eigenvalue weighted by molar-refractivity contribution is 5.18. The summed E-state index contributed by atoms with van der Waals surface area (Å²) in [7, 11) is 4.29. The molecule has 0 aromatic carbocycles. The first-order chi connectivity index (χ1) is 7.43. The molecule has 0 bridgehead atoms. The Kier molecular flexibility index (Phi) is 7.40. The van der Waals surface area contributed by atoms with Crippen molar-refractivity contribution in [2.75, 3.05) is 14.1 Å². The molecule has 0 rings (SSSR count). The number of allylic oxidation sites excluding steroid dienone is 2. The zero-order chi connectivity index (χ0) is 12.7. The smallest absolute Gasteiger partial charge is 0.0124 e. The molecule has 1 nitrogen and oxygen atoms in total. The molecule has 0 N–H and O–H groups in total. The Hall–Kier alpha value is -0.560. The van der Waals surface area contributed by atoms with Gasteiger partial charge in [0.2, 0.25) is 0 Å². The largest absolute Gasteiger partial charge is 0.306 e. The van der Waals surface area contributed by atoms with Gasteiger partial charge in [-0.15, -0.1) is 0 Å². The Bertz CT molecular complexity index is 228. The van der Waals surface area contributed by atoms with E-state index in [-0.39, 0.29) is 0 Å². The van der Waals surface area contributed by atoms with Crippen molar-refractivity contribution in [2.24, 2.45) is 11.8 Å². The molecule has 16 heavy (non-hydrogen) atoms. The molecule has 0 radical (unpaired) electrons. The molecule has 0 spiro atoms. The predicted molar refractivity (Wildman–Crippen MR) is 74.7 cm³/mol. The van der Waals surface area contributed by atoms with Crippen LogP contribution >= 0.6 is 0 Å². The van der Waals surface area contributed by atoms with Crippen molar-refractivity contribution in [3.8, 4) is 0 Å². The predicted octanol–water partition coefficient (Wildman–Crippen LogP) is 4.12. The molecular weight excluding hydrogens is 194 g/mol. The van der Waals surface area contributed by atoms with Crippen molar-refractivity contribution in [2.45, 2.75) is 46.6 Å². The van der Waals surface area contributed by atoms with Crippen LogP contribution in [0.3, 0.4) is 0 Å². The molecule has 0 fully saturated rings. The summed E-state index contributed by atoms with van der Waals surface area (Å²) in [5.74, 6) is 1.22. The molecule has 0 aliphatic carbocycles. The van der Waals surface area contributed by atoms with E-state index in [9.17, 15) is 0 Å². The molecule has 0 aliphatic rings. The molecule has 94 valence electrons. The first kappa shape index (κ1) is 15.4. The van der Waals surface area contributed by atoms with Crippen LogP contribution in [0.1, 0.15) is 40.5 Å². The third kappa shape index (κ3) is 4.98. The van der Waals surface area contributed by atoms with Gasteiger partial charge < -0.3 is 4.90 Å². The fourth-order valence-electron chi connectivity index (χ4n) is 1.69. The van der Waals surface area contributed by atoms with E-state index in [1.54, 1.807) is 0 Å². The molecule has 0 heterocycles. The van der Waals surface area contributed by atoms with Crippen LogP contribution in [-0.2, 0) is 0 Å². The van der Waals surface area contributed by atoms with Crippen molar-refractivity contribution in [1.29, 1.82) is 0 Å². The summed E-state index contributed by atoms with van der Waals surface area (Å²) in [5.41, 5.74) is 1.26. The Morgan fingerprint density at radius 1 is 1.19 bits per heavy atom. The van der Waals surface area contributed by atoms with E-state index in [0.29, 0.717) is 17.9 Å². The van der Waals surface area contributed by atoms with Gasteiger partial charge in [-0.3, -0.25) is 0 Å². The van der Waals surface area contributed by atoms with Gasteiger partial charge in [0.05, 0.1) is 0 Å². The van der Waals surface area contributed by atoms with Crippen LogP contribution in [-0.4, -0.2) is 25.0 Å². The lowest BCUT2D eigenvalue weighted by Crippen LogP contribution is -2.31. The SMILES string of the molecule is C=C(/C=C\C(CC)C(C)N(C)C)C(C)CC. The topological polar surface area (TPSA) is 3.24 Å². The van der Waals surface area contributed by atoms with Gasteiger partial charge in [-0.25, -0.2) is 0 Å². The van der Waals surface area contributed by atoms with Gasteiger partial charge in [-0.2, -0.15) is 0 Å². The van der Waals surface area contributed by atoms with Gasteiger partial charge in [0.25, 0.3) is 0 Å². The fraction of sp³-hybridized carbons (Fsp3) is 0.733. The van der Waals surface area contributed by atoms with E-state index < -0.39 is 0 Å². The van der Waals surface area contributed by atoms with Crippen LogP contribution in [0.5, 0.6) is 0 Å². The molecule has 0 amide bonds. The van der Waals surface area contributed by atoms with E-state index in [1.165, 1.54) is 18.4 Å². The summed E-state index contributed by atoms with van der Waals surface area (Å²) in [5, 5.41) is 0. The number of hydrogen-bond acceptors (Lipinski definition) is 1. The van der Waals surface area contributed by atoms with Crippen LogP contribution in [0.15, 0.2) is 24.3 Å². The minimum atomic E-state index is 0.589. The second kappa shape index (κ2) is 7.67. The van der Waals surface area contributed by atoms with Crippen molar-refractivity contribution in [1.82, 2.24) is 4.90 Å². The van der Waals surface area contributed by atoms with Gasteiger partial charge in [0.1, 0.15) is 0 Å². The standard InChI is InChI=1S/C15H29N/c1-8-12(3)13(4)10-11-15(9-2)14(5)16(6)7/h10-12,14-15H,4,8-9H2,1-3,5-7H3/b11-10-. The van der Waals surface area contributed by atoms with Gasteiger partial charge in [-0.05, 0) is 45.7 Å². The summed E-state index contributed by atoms with van der Waals surface area (Å²) in [6, 6.07) is 0.589. The summed E-state index contributed by atoms with van der Waals surface area (Å²) < 4.78 is 0. The van der Waals surface area contributed by atoms with Crippen molar-refractivity contribution >= 4 is 0 Å². The number of hydrogen-bond donors (Lipinski definition) is 0. The third-order valence-corrected chi connectivity index (χ3v) is 3.71. The van der Waals surface area contributed by atoms with E-state index in [4.69, 9.17) is 0 Å². The van der Waals surface area contributed by atoms with Crippen molar-refractivity contribution in [3.63, 3.8) is 0 Å². The van der Waals surface area contributed by atoms with Crippen LogP contribution < -0.4 is 0 Å². The summed E-state index contributed by atoms with van der Waals surface area (Å²) in [6.07, 6.45) is 6.91. The summed E-state index contributed by atoms with van der Waals surface area (Å²) in [4.78, 5) is 2.28. The van der Waals surface area contributed by atoms with Gasteiger partial charge in [-0.1, -0.05) is 45.1 Å². The fourth-order valence-corrected chi connectivity index (χ4v) is 1.69. The maximum absolute atomic E-state index is 4.14. The summed E-state index contributed by atoms with van der Waals surface area (Å²) in [6.45, 7) is 13.1. The number of rotatable bonds is 7. The molecule has 0 aromatic rings. The molecule has 0 aliphatic heterocycles. The lowest BCUT2D eigenvalue weighted by Gasteiger charge is -2.26. The van der Waals surface area contributed by atoms with Crippen LogP contribution in [0.4, 0.5) is 0 Å². The third-order valence-electron chi connectivity index (χ3n) is 3.71. The van der Waals surface area contributed by atoms with Gasteiger partial charge in [0.15, 0.2) is 0 Å². The van der Waals surface area contributed by atoms with E-state index in [0.717, 1.165) is 0 Å². The minimum absolute atomic E-state index is 0.589. The maximum Gasteiger partial charge on any atom is 0.0124 e. The lowest BCUT2D eigenvalue weighted by molar-refractivity contribution is 0.252. The molecule has 1 heteroatoms. The quantitative estimate of drug-likeness (QED) is 0.587. The van der Waals surface area contributed by atoms with Crippen LogP contribution in [0.25, 0.3) is 0 Å². The molecule has 3 unspecified atom stereocenters. The van der Waals surface area contributed by atoms with E-state index in [2.05, 4.69) is 65.4 Å². The monoisotopic (exact) mass is 223 g/mol. The Labute approximate surface area is 102 Å². The van der Waals surface area contributed by atoms with Crippen LogP contribution in [0.2, 0.25) is 0 Å². The second-order valence-electron chi connectivity index (χ2n) is 5.02. The highest BCUT2D eigenvalue weighted by atomic mass is 15.1. The highest BCUT2D eigenvalue weighted by Gasteiger charge is 2.14. The normalized spacial score (nSPS) is 17.7. The maximum atomic E-state index is 4.14. The molecule has 3 atom stereocenters. The Morgan fingerprint density at radius 3 is 2.12 bits per heavy atom. The second-order valence-corrected chi connectivity index (χ2v) is 5.02. The van der Waals surface area contributed by atoms with E-state index in [1.807, 2.05) is 0 Å². The lowest BCUT2D eigenvalue weighted by atomic mass is 9.93. The minimum Gasteiger partial charge on any atom is -0.306 e. The first-order valence-corrected chi connectivity index (χ1v) is 6.47. The highest BCUT2D eigenvalue weighted by Crippen LogP contribution is 2.18. The first-order valence-electron chi connectivity index (χ1n) is 6.47. The van der Waals surface area contributed by atoms with Gasteiger partial charge in [0, 0.05) is 6.04 Å². The molecule has 0 aromatic heterocycles. The van der Waals surface area contributed by atoms with Crippen molar-refractivity contribution < 1.29 is 0 Å². The molecule has 0 saturated heterocycles. The van der Waals surface area contributed by atoms with Crippen molar-refractivity contribution in [3.05, 3.63) is 24.3 Å². The zero-order valence-electron chi connectivity index (χ0n) is 12.0. The average Bonchev–Trinajstić information content (AvgIpc) is 2.27.